The molecule has 4 heteroatoms. The van der Waals surface area contributed by atoms with Crippen molar-refractivity contribution in [3.05, 3.63) is 23.8 Å². The van der Waals surface area contributed by atoms with E-state index in [1.54, 1.807) is 12.1 Å². The number of phenolic OH excluding ortho intramolecular Hbond substituents is 2. The molecular formula is C12H17NO2S. The summed E-state index contributed by atoms with van der Waals surface area (Å²) in [7, 11) is 0. The number of hydrogen-bond donors (Lipinski definition) is 3. The summed E-state index contributed by atoms with van der Waals surface area (Å²) in [5.74, 6) is 0.255. The number of aromatic hydroxyl groups is 2. The maximum atomic E-state index is 9.59. The Kier molecular flexibility index (Phi) is 3.30. The molecule has 0 heterocycles. The van der Waals surface area contributed by atoms with Crippen molar-refractivity contribution in [1.82, 2.24) is 5.32 Å². The molecule has 0 spiro atoms. The Morgan fingerprint density at radius 1 is 1.38 bits per heavy atom. The third kappa shape index (κ3) is 2.62. The van der Waals surface area contributed by atoms with E-state index in [4.69, 9.17) is 5.11 Å². The Bertz CT molecular complexity index is 377. The van der Waals surface area contributed by atoms with Crippen molar-refractivity contribution in [1.29, 1.82) is 0 Å². The van der Waals surface area contributed by atoms with Gasteiger partial charge in [-0.3, -0.25) is 0 Å². The highest BCUT2D eigenvalue weighted by atomic mass is 32.2. The number of nitrogens with one attached hydrogen (secondary N) is 1. The van der Waals surface area contributed by atoms with Gasteiger partial charge in [0.25, 0.3) is 0 Å². The number of rotatable bonds is 5. The SMILES string of the molecule is CSC1(CNCc2ccc(O)cc2O)CC1. The minimum atomic E-state index is 0.101. The molecule has 1 aliphatic rings. The molecule has 0 atom stereocenters. The Balaban J connectivity index is 1.85. The predicted octanol–water partition coefficient (Wildman–Crippen LogP) is 2.08. The minimum Gasteiger partial charge on any atom is -0.508 e. The van der Waals surface area contributed by atoms with E-state index in [0.29, 0.717) is 11.3 Å². The summed E-state index contributed by atoms with van der Waals surface area (Å²) in [5, 5.41) is 22.1. The van der Waals surface area contributed by atoms with E-state index in [2.05, 4.69) is 11.6 Å². The Labute approximate surface area is 99.9 Å². The molecule has 0 saturated heterocycles. The van der Waals surface area contributed by atoms with Gasteiger partial charge in [0.15, 0.2) is 0 Å². The molecule has 0 bridgehead atoms. The average molecular weight is 239 g/mol. The third-order valence-corrected chi connectivity index (χ3v) is 4.49. The molecule has 1 saturated carbocycles. The third-order valence-electron chi connectivity index (χ3n) is 3.07. The fourth-order valence-corrected chi connectivity index (χ4v) is 2.48. The van der Waals surface area contributed by atoms with Crippen LogP contribution in [0.2, 0.25) is 0 Å². The van der Waals surface area contributed by atoms with Gasteiger partial charge in [-0.2, -0.15) is 11.8 Å². The highest BCUT2D eigenvalue weighted by molar-refractivity contribution is 8.00. The van der Waals surface area contributed by atoms with Crippen molar-refractivity contribution in [2.24, 2.45) is 0 Å². The van der Waals surface area contributed by atoms with Crippen LogP contribution in [0.5, 0.6) is 11.5 Å². The van der Waals surface area contributed by atoms with E-state index in [1.165, 1.54) is 18.9 Å². The van der Waals surface area contributed by atoms with Crippen LogP contribution in [-0.2, 0) is 6.54 Å². The van der Waals surface area contributed by atoms with Crippen LogP contribution in [0.25, 0.3) is 0 Å². The smallest absolute Gasteiger partial charge is 0.123 e. The highest BCUT2D eigenvalue weighted by Crippen LogP contribution is 2.46. The van der Waals surface area contributed by atoms with Crippen molar-refractivity contribution in [3.8, 4) is 11.5 Å². The Morgan fingerprint density at radius 3 is 2.69 bits per heavy atom. The van der Waals surface area contributed by atoms with Crippen molar-refractivity contribution in [3.63, 3.8) is 0 Å². The van der Waals surface area contributed by atoms with Gasteiger partial charge in [-0.1, -0.05) is 6.07 Å². The lowest BCUT2D eigenvalue weighted by Gasteiger charge is -2.13. The summed E-state index contributed by atoms with van der Waals surface area (Å²) in [6.45, 7) is 1.63. The zero-order chi connectivity index (χ0) is 11.6. The van der Waals surface area contributed by atoms with Crippen LogP contribution in [0.1, 0.15) is 18.4 Å². The molecule has 3 nitrogen and oxygen atoms in total. The van der Waals surface area contributed by atoms with Crippen LogP contribution in [-0.4, -0.2) is 27.8 Å². The first-order chi connectivity index (χ1) is 7.65. The molecule has 1 aliphatic carbocycles. The number of phenols is 2. The van der Waals surface area contributed by atoms with Crippen LogP contribution in [0.3, 0.4) is 0 Å². The summed E-state index contributed by atoms with van der Waals surface area (Å²) in [6.07, 6.45) is 4.71. The molecule has 1 aromatic rings. The topological polar surface area (TPSA) is 52.5 Å². The fourth-order valence-electron chi connectivity index (χ4n) is 1.72. The van der Waals surface area contributed by atoms with E-state index in [-0.39, 0.29) is 11.5 Å². The molecule has 0 amide bonds. The molecule has 1 fully saturated rings. The number of thioether (sulfide) groups is 1. The molecule has 2 rings (SSSR count). The lowest BCUT2D eigenvalue weighted by Crippen LogP contribution is -2.25. The van der Waals surface area contributed by atoms with Crippen molar-refractivity contribution in [2.75, 3.05) is 12.8 Å². The van der Waals surface area contributed by atoms with E-state index in [9.17, 15) is 5.11 Å². The van der Waals surface area contributed by atoms with Crippen LogP contribution >= 0.6 is 11.8 Å². The lowest BCUT2D eigenvalue weighted by molar-refractivity contribution is 0.443. The Morgan fingerprint density at radius 2 is 2.12 bits per heavy atom. The molecule has 0 radical (unpaired) electrons. The van der Waals surface area contributed by atoms with Crippen molar-refractivity contribution < 1.29 is 10.2 Å². The summed E-state index contributed by atoms with van der Waals surface area (Å²) in [4.78, 5) is 0. The molecule has 0 unspecified atom stereocenters. The highest BCUT2D eigenvalue weighted by Gasteiger charge is 2.41. The van der Waals surface area contributed by atoms with Gasteiger partial charge in [-0.25, -0.2) is 0 Å². The second-order valence-electron chi connectivity index (χ2n) is 4.30. The van der Waals surface area contributed by atoms with Gasteiger partial charge in [0, 0.05) is 29.5 Å². The van der Waals surface area contributed by atoms with E-state index in [0.717, 1.165) is 12.1 Å². The first-order valence-electron chi connectivity index (χ1n) is 5.42. The van der Waals surface area contributed by atoms with Crippen LogP contribution in [0.4, 0.5) is 0 Å². The quantitative estimate of drug-likeness (QED) is 0.736. The molecular weight excluding hydrogens is 222 g/mol. The van der Waals surface area contributed by atoms with Crippen molar-refractivity contribution in [2.45, 2.75) is 24.1 Å². The molecule has 88 valence electrons. The van der Waals surface area contributed by atoms with E-state index in [1.807, 2.05) is 11.8 Å². The molecule has 16 heavy (non-hydrogen) atoms. The standard InChI is InChI=1S/C12H17NO2S/c1-16-12(4-5-12)8-13-7-9-2-3-10(14)6-11(9)15/h2-3,6,13-15H,4-5,7-8H2,1H3. The molecule has 0 aromatic heterocycles. The van der Waals surface area contributed by atoms with Crippen LogP contribution in [0.15, 0.2) is 18.2 Å². The predicted molar refractivity (Wildman–Crippen MR) is 67.0 cm³/mol. The first kappa shape index (κ1) is 11.6. The Hall–Kier alpha value is -0.870. The van der Waals surface area contributed by atoms with Gasteiger partial charge >= 0.3 is 0 Å². The monoisotopic (exact) mass is 239 g/mol. The fraction of sp³-hybridized carbons (Fsp3) is 0.500. The van der Waals surface area contributed by atoms with Crippen LogP contribution < -0.4 is 5.32 Å². The first-order valence-corrected chi connectivity index (χ1v) is 6.64. The molecule has 1 aromatic carbocycles. The van der Waals surface area contributed by atoms with Gasteiger partial charge in [0.1, 0.15) is 11.5 Å². The maximum Gasteiger partial charge on any atom is 0.123 e. The largest absolute Gasteiger partial charge is 0.508 e. The number of benzene rings is 1. The molecule has 0 aliphatic heterocycles. The second-order valence-corrected chi connectivity index (χ2v) is 5.58. The van der Waals surface area contributed by atoms with Gasteiger partial charge in [0.2, 0.25) is 0 Å². The van der Waals surface area contributed by atoms with Gasteiger partial charge in [-0.15, -0.1) is 0 Å². The van der Waals surface area contributed by atoms with Crippen LogP contribution in [0, 0.1) is 0 Å². The summed E-state index contributed by atoms with van der Waals surface area (Å²) in [5.41, 5.74) is 0.828. The van der Waals surface area contributed by atoms with E-state index >= 15 is 0 Å². The summed E-state index contributed by atoms with van der Waals surface area (Å²) in [6, 6.07) is 4.72. The minimum absolute atomic E-state index is 0.101. The van der Waals surface area contributed by atoms with Crippen molar-refractivity contribution >= 4 is 11.8 Å². The second kappa shape index (κ2) is 4.55. The lowest BCUT2D eigenvalue weighted by atomic mass is 10.2. The normalized spacial score (nSPS) is 17.3. The summed E-state index contributed by atoms with van der Waals surface area (Å²) < 4.78 is 0.437. The van der Waals surface area contributed by atoms with Gasteiger partial charge in [0.05, 0.1) is 0 Å². The van der Waals surface area contributed by atoms with E-state index < -0.39 is 0 Å². The van der Waals surface area contributed by atoms with Gasteiger partial charge < -0.3 is 15.5 Å². The maximum absolute atomic E-state index is 9.59. The zero-order valence-corrected chi connectivity index (χ0v) is 10.2. The zero-order valence-electron chi connectivity index (χ0n) is 9.36. The summed E-state index contributed by atoms with van der Waals surface area (Å²) >= 11 is 1.91. The average Bonchev–Trinajstić information content (AvgIpc) is 3.02. The number of hydrogen-bond acceptors (Lipinski definition) is 4. The van der Waals surface area contributed by atoms with Gasteiger partial charge in [-0.05, 0) is 25.2 Å². The molecule has 3 N–H and O–H groups in total.